The molecule has 2 aromatic carbocycles. The van der Waals surface area contributed by atoms with E-state index in [1.54, 1.807) is 41.7 Å². The summed E-state index contributed by atoms with van der Waals surface area (Å²) in [6.07, 6.45) is 0. The maximum Gasteiger partial charge on any atom is 0.258 e. The first-order valence-corrected chi connectivity index (χ1v) is 9.42. The highest BCUT2D eigenvalue weighted by molar-refractivity contribution is 9.10. The van der Waals surface area contributed by atoms with Crippen molar-refractivity contribution in [3.8, 4) is 5.75 Å². The molecule has 4 nitrogen and oxygen atoms in total. The van der Waals surface area contributed by atoms with E-state index in [4.69, 9.17) is 4.74 Å². The lowest BCUT2D eigenvalue weighted by atomic mass is 10.1. The van der Waals surface area contributed by atoms with Crippen LogP contribution in [0.3, 0.4) is 0 Å². The van der Waals surface area contributed by atoms with Crippen molar-refractivity contribution in [3.05, 3.63) is 74.6 Å². The van der Waals surface area contributed by atoms with E-state index in [1.807, 2.05) is 30.5 Å². The summed E-state index contributed by atoms with van der Waals surface area (Å²) in [4.78, 5) is 18.5. The van der Waals surface area contributed by atoms with E-state index in [1.165, 1.54) is 11.3 Å². The van der Waals surface area contributed by atoms with Crippen molar-refractivity contribution in [1.29, 1.82) is 0 Å². The van der Waals surface area contributed by atoms with Gasteiger partial charge in [0, 0.05) is 28.2 Å². The Balaban J connectivity index is 1.68. The van der Waals surface area contributed by atoms with Crippen LogP contribution in [0.5, 0.6) is 5.75 Å². The Morgan fingerprint density at radius 2 is 2.00 bits per heavy atom. The molecule has 0 aliphatic heterocycles. The Labute approximate surface area is 159 Å². The molecule has 0 aliphatic rings. The van der Waals surface area contributed by atoms with Crippen LogP contribution < -0.4 is 9.64 Å². The van der Waals surface area contributed by atoms with E-state index in [9.17, 15) is 4.79 Å². The first-order valence-electron chi connectivity index (χ1n) is 7.69. The van der Waals surface area contributed by atoms with Gasteiger partial charge in [-0.25, -0.2) is 4.98 Å². The van der Waals surface area contributed by atoms with Crippen molar-refractivity contribution in [2.24, 2.45) is 0 Å². The van der Waals surface area contributed by atoms with Gasteiger partial charge in [0.2, 0.25) is 0 Å². The summed E-state index contributed by atoms with van der Waals surface area (Å²) < 4.78 is 6.70. The number of aryl methyl sites for hydroxylation is 1. The summed E-state index contributed by atoms with van der Waals surface area (Å²) in [6, 6.07) is 13.0. The molecule has 0 saturated carbocycles. The van der Waals surface area contributed by atoms with E-state index < -0.39 is 0 Å². The number of benzene rings is 2. The fraction of sp³-hybridized carbons (Fsp3) is 0.158. The predicted molar refractivity (Wildman–Crippen MR) is 105 cm³/mol. The molecule has 0 aliphatic carbocycles. The summed E-state index contributed by atoms with van der Waals surface area (Å²) in [6.45, 7) is 2.43. The van der Waals surface area contributed by atoms with Gasteiger partial charge in [-0.05, 0) is 55.0 Å². The minimum Gasteiger partial charge on any atom is -0.487 e. The van der Waals surface area contributed by atoms with Gasteiger partial charge in [0.15, 0.2) is 0 Å². The fourth-order valence-electron chi connectivity index (χ4n) is 2.31. The Bertz CT molecular complexity index is 864. The topological polar surface area (TPSA) is 42.4 Å². The molecule has 6 heteroatoms. The van der Waals surface area contributed by atoms with Gasteiger partial charge in [-0.3, -0.25) is 4.79 Å². The average Bonchev–Trinajstić information content (AvgIpc) is 3.15. The second-order valence-corrected chi connectivity index (χ2v) is 7.16. The summed E-state index contributed by atoms with van der Waals surface area (Å²) in [5.74, 6) is 0.652. The number of rotatable bonds is 5. The second kappa shape index (κ2) is 7.80. The number of ether oxygens (including phenoxy) is 1. The smallest absolute Gasteiger partial charge is 0.258 e. The predicted octanol–water partition coefficient (Wildman–Crippen LogP) is 5.07. The highest BCUT2D eigenvalue weighted by Crippen LogP contribution is 2.24. The molecule has 0 N–H and O–H groups in total. The van der Waals surface area contributed by atoms with E-state index in [0.717, 1.165) is 21.4 Å². The van der Waals surface area contributed by atoms with Crippen LogP contribution in [0.25, 0.3) is 0 Å². The van der Waals surface area contributed by atoms with Crippen molar-refractivity contribution in [3.63, 3.8) is 0 Å². The van der Waals surface area contributed by atoms with Crippen molar-refractivity contribution in [2.75, 3.05) is 11.9 Å². The van der Waals surface area contributed by atoms with Gasteiger partial charge in [0.25, 0.3) is 5.91 Å². The highest BCUT2D eigenvalue weighted by Gasteiger charge is 2.14. The Morgan fingerprint density at radius 1 is 1.24 bits per heavy atom. The van der Waals surface area contributed by atoms with Crippen LogP contribution in [-0.2, 0) is 6.61 Å². The first kappa shape index (κ1) is 17.6. The fourth-order valence-corrected chi connectivity index (χ4v) is 3.10. The average molecular weight is 417 g/mol. The molecule has 1 heterocycles. The minimum absolute atomic E-state index is 0.0622. The number of carbonyl (C=O) groups is 1. The minimum atomic E-state index is -0.0622. The molecule has 128 valence electrons. The Morgan fingerprint density at radius 3 is 2.64 bits per heavy atom. The molecule has 3 rings (SSSR count). The van der Waals surface area contributed by atoms with Gasteiger partial charge in [-0.1, -0.05) is 15.9 Å². The van der Waals surface area contributed by atoms with Crippen molar-refractivity contribution in [2.45, 2.75) is 13.5 Å². The molecule has 0 radical (unpaired) electrons. The molecule has 0 bridgehead atoms. The van der Waals surface area contributed by atoms with Crippen LogP contribution in [0, 0.1) is 6.92 Å². The lowest BCUT2D eigenvalue weighted by molar-refractivity contribution is 0.0993. The quantitative estimate of drug-likeness (QED) is 0.582. The molecule has 0 fully saturated rings. The molecule has 0 atom stereocenters. The van der Waals surface area contributed by atoms with E-state index >= 15 is 0 Å². The van der Waals surface area contributed by atoms with Gasteiger partial charge < -0.3 is 9.64 Å². The third-order valence-corrected chi connectivity index (χ3v) is 5.33. The van der Waals surface area contributed by atoms with E-state index in [0.29, 0.717) is 17.9 Å². The molecule has 3 aromatic rings. The summed E-state index contributed by atoms with van der Waals surface area (Å²) in [5.41, 5.74) is 5.23. The summed E-state index contributed by atoms with van der Waals surface area (Å²) in [5, 5.41) is 1.95. The molecular formula is C19H17BrN2O2S. The lowest BCUT2D eigenvalue weighted by Crippen LogP contribution is -2.26. The van der Waals surface area contributed by atoms with Crippen LogP contribution in [0.1, 0.15) is 21.6 Å². The second-order valence-electron chi connectivity index (χ2n) is 5.59. The standard InChI is InChI=1S/C19H17BrN2O2S/c1-13-9-16(5-8-18(13)20)22(2)19(23)14-3-6-17(7-4-14)24-10-15-11-25-12-21-15/h3-9,11-12H,10H2,1-2H3. The van der Waals surface area contributed by atoms with Crippen LogP contribution in [-0.4, -0.2) is 17.9 Å². The zero-order chi connectivity index (χ0) is 17.8. The number of carbonyl (C=O) groups excluding carboxylic acids is 1. The number of hydrogen-bond donors (Lipinski definition) is 0. The number of thiazole rings is 1. The van der Waals surface area contributed by atoms with Gasteiger partial charge in [0.1, 0.15) is 12.4 Å². The third kappa shape index (κ3) is 4.27. The Kier molecular flexibility index (Phi) is 5.50. The van der Waals surface area contributed by atoms with Gasteiger partial charge >= 0.3 is 0 Å². The normalized spacial score (nSPS) is 10.5. The van der Waals surface area contributed by atoms with Gasteiger partial charge in [0.05, 0.1) is 11.2 Å². The van der Waals surface area contributed by atoms with Crippen molar-refractivity contribution < 1.29 is 9.53 Å². The molecule has 25 heavy (non-hydrogen) atoms. The van der Waals surface area contributed by atoms with E-state index in [-0.39, 0.29) is 5.91 Å². The number of nitrogens with zero attached hydrogens (tertiary/aromatic N) is 2. The maximum atomic E-state index is 12.7. The number of amides is 1. The Hall–Kier alpha value is -2.18. The highest BCUT2D eigenvalue weighted by atomic mass is 79.9. The first-order chi connectivity index (χ1) is 12.0. The molecule has 0 unspecified atom stereocenters. The largest absolute Gasteiger partial charge is 0.487 e. The molecule has 1 aromatic heterocycles. The molecule has 0 spiro atoms. The maximum absolute atomic E-state index is 12.7. The SMILES string of the molecule is Cc1cc(N(C)C(=O)c2ccc(OCc3cscn3)cc2)ccc1Br. The third-order valence-electron chi connectivity index (χ3n) is 3.80. The van der Waals surface area contributed by atoms with Gasteiger partial charge in [-0.2, -0.15) is 0 Å². The monoisotopic (exact) mass is 416 g/mol. The van der Waals surface area contributed by atoms with Crippen molar-refractivity contribution >= 4 is 38.9 Å². The zero-order valence-electron chi connectivity index (χ0n) is 13.9. The zero-order valence-corrected chi connectivity index (χ0v) is 16.3. The van der Waals surface area contributed by atoms with Crippen LogP contribution in [0.4, 0.5) is 5.69 Å². The molecule has 1 amide bonds. The van der Waals surface area contributed by atoms with Crippen molar-refractivity contribution in [1.82, 2.24) is 4.98 Å². The molecular weight excluding hydrogens is 400 g/mol. The molecule has 0 saturated heterocycles. The van der Waals surface area contributed by atoms with Gasteiger partial charge in [-0.15, -0.1) is 11.3 Å². The lowest BCUT2D eigenvalue weighted by Gasteiger charge is -2.18. The summed E-state index contributed by atoms with van der Waals surface area (Å²) in [7, 11) is 1.78. The number of aromatic nitrogens is 1. The summed E-state index contributed by atoms with van der Waals surface area (Å²) >= 11 is 5.02. The van der Waals surface area contributed by atoms with Crippen LogP contribution in [0.2, 0.25) is 0 Å². The van der Waals surface area contributed by atoms with Crippen LogP contribution in [0.15, 0.2) is 57.8 Å². The van der Waals surface area contributed by atoms with Crippen LogP contribution >= 0.6 is 27.3 Å². The van der Waals surface area contributed by atoms with E-state index in [2.05, 4.69) is 20.9 Å². The number of halogens is 1. The number of anilines is 1. The number of hydrogen-bond acceptors (Lipinski definition) is 4.